The van der Waals surface area contributed by atoms with Gasteiger partial charge in [-0.15, -0.1) is 0 Å². The van der Waals surface area contributed by atoms with Crippen LogP contribution in [-0.2, 0) is 6.54 Å². The van der Waals surface area contributed by atoms with Crippen molar-refractivity contribution in [2.45, 2.75) is 6.54 Å². The van der Waals surface area contributed by atoms with Crippen molar-refractivity contribution in [2.24, 2.45) is 0 Å². The van der Waals surface area contributed by atoms with Gasteiger partial charge in [-0.05, 0) is 28.8 Å². The van der Waals surface area contributed by atoms with Crippen LogP contribution in [0.4, 0.5) is 0 Å². The lowest BCUT2D eigenvalue weighted by molar-refractivity contribution is 0.0994. The fourth-order valence-electron chi connectivity index (χ4n) is 2.96. The molecule has 3 aromatic rings. The van der Waals surface area contributed by atoms with E-state index in [0.29, 0.717) is 6.54 Å². The summed E-state index contributed by atoms with van der Waals surface area (Å²) in [6.45, 7) is 1.12. The quantitative estimate of drug-likeness (QED) is 0.731. The van der Waals surface area contributed by atoms with E-state index in [2.05, 4.69) is 23.5 Å². The van der Waals surface area contributed by atoms with E-state index in [1.54, 1.807) is 0 Å². The fourth-order valence-corrected chi connectivity index (χ4v) is 2.96. The van der Waals surface area contributed by atoms with Crippen LogP contribution in [0.15, 0.2) is 54.9 Å². The zero-order valence-electron chi connectivity index (χ0n) is 11.0. The smallest absolute Gasteiger partial charge is 0.178 e. The van der Waals surface area contributed by atoms with E-state index in [4.69, 9.17) is 0 Å². The van der Waals surface area contributed by atoms with Gasteiger partial charge in [-0.1, -0.05) is 30.3 Å². The number of hydrogen-bond acceptors (Lipinski definition) is 2. The summed E-state index contributed by atoms with van der Waals surface area (Å²) in [5.74, 6) is 0.163. The highest BCUT2D eigenvalue weighted by Crippen LogP contribution is 2.30. The Morgan fingerprint density at radius 1 is 0.900 bits per heavy atom. The number of ketones is 1. The molecule has 3 heterocycles. The summed E-state index contributed by atoms with van der Waals surface area (Å²) in [6.07, 6.45) is 4.00. The highest BCUT2D eigenvalue weighted by molar-refractivity contribution is 6.06. The number of benzene rings is 1. The average molecular weight is 262 g/mol. The molecule has 0 amide bonds. The largest absolute Gasteiger partial charge is 0.323 e. The van der Waals surface area contributed by atoms with Gasteiger partial charge in [0.1, 0.15) is 0 Å². The van der Waals surface area contributed by atoms with E-state index in [1.165, 1.54) is 16.7 Å². The molecule has 0 saturated carbocycles. The van der Waals surface area contributed by atoms with Gasteiger partial charge in [-0.2, -0.15) is 0 Å². The Morgan fingerprint density at radius 2 is 1.65 bits per heavy atom. The Labute approximate surface area is 116 Å². The predicted octanol–water partition coefficient (Wildman–Crippen LogP) is 2.89. The summed E-state index contributed by atoms with van der Waals surface area (Å²) < 4.78 is 2.04. The van der Waals surface area contributed by atoms with Crippen LogP contribution in [0.2, 0.25) is 0 Å². The summed E-state index contributed by atoms with van der Waals surface area (Å²) in [7, 11) is 0. The van der Waals surface area contributed by atoms with Crippen molar-refractivity contribution in [3.8, 4) is 11.1 Å². The monoisotopic (exact) mass is 262 g/mol. The third-order valence-electron chi connectivity index (χ3n) is 3.90. The van der Waals surface area contributed by atoms with Crippen molar-refractivity contribution in [3.05, 3.63) is 66.0 Å². The third-order valence-corrected chi connectivity index (χ3v) is 3.90. The summed E-state index contributed by atoms with van der Waals surface area (Å²) in [4.78, 5) is 12.1. The number of rotatable bonds is 1. The van der Waals surface area contributed by atoms with E-state index >= 15 is 0 Å². The van der Waals surface area contributed by atoms with Crippen molar-refractivity contribution in [1.29, 1.82) is 0 Å². The number of aromatic nitrogens is 1. The first-order chi connectivity index (χ1) is 9.84. The normalized spacial score (nSPS) is 14.5. The maximum Gasteiger partial charge on any atom is 0.178 e. The summed E-state index contributed by atoms with van der Waals surface area (Å²) in [6, 6.07) is 14.4. The number of Topliss-reactive ketones (excluding diaryl/α,β-unsaturated/α-hetero) is 1. The van der Waals surface area contributed by atoms with Crippen molar-refractivity contribution in [1.82, 2.24) is 9.72 Å². The van der Waals surface area contributed by atoms with Crippen LogP contribution in [0.3, 0.4) is 0 Å². The van der Waals surface area contributed by atoms with Crippen molar-refractivity contribution < 1.29 is 4.79 Å². The maximum atomic E-state index is 12.1. The van der Waals surface area contributed by atoms with Crippen LogP contribution in [0.5, 0.6) is 0 Å². The summed E-state index contributed by atoms with van der Waals surface area (Å²) in [5, 5.41) is 3.24. The van der Waals surface area contributed by atoms with Crippen molar-refractivity contribution in [3.63, 3.8) is 0 Å². The van der Waals surface area contributed by atoms with E-state index in [-0.39, 0.29) is 5.78 Å². The number of nitrogens with zero attached hydrogens (tertiary/aromatic N) is 1. The topological polar surface area (TPSA) is 33.5 Å². The molecule has 0 aliphatic carbocycles. The molecule has 0 atom stereocenters. The predicted molar refractivity (Wildman–Crippen MR) is 78.9 cm³/mol. The molecule has 3 heteroatoms. The van der Waals surface area contributed by atoms with E-state index < -0.39 is 0 Å². The van der Waals surface area contributed by atoms with Gasteiger partial charge in [0.2, 0.25) is 0 Å². The first-order valence-corrected chi connectivity index (χ1v) is 6.76. The first kappa shape index (κ1) is 11.4. The van der Waals surface area contributed by atoms with Gasteiger partial charge in [-0.25, -0.2) is 0 Å². The van der Waals surface area contributed by atoms with Crippen molar-refractivity contribution >= 4 is 11.3 Å². The van der Waals surface area contributed by atoms with Gasteiger partial charge in [0.15, 0.2) is 5.78 Å². The van der Waals surface area contributed by atoms with E-state index in [9.17, 15) is 4.79 Å². The lowest BCUT2D eigenvalue weighted by atomic mass is 9.99. The highest BCUT2D eigenvalue weighted by Gasteiger charge is 2.20. The molecule has 0 bridgehead atoms. The minimum Gasteiger partial charge on any atom is -0.323 e. The van der Waals surface area contributed by atoms with E-state index in [1.807, 2.05) is 41.1 Å². The number of carbonyl (C=O) groups excluding carboxylic acids is 1. The van der Waals surface area contributed by atoms with Crippen molar-refractivity contribution in [2.75, 3.05) is 6.54 Å². The minimum absolute atomic E-state index is 0.163. The first-order valence-electron chi connectivity index (χ1n) is 6.76. The highest BCUT2D eigenvalue weighted by atomic mass is 16.1. The van der Waals surface area contributed by atoms with Gasteiger partial charge in [-0.3, -0.25) is 4.79 Å². The van der Waals surface area contributed by atoms with Crippen LogP contribution in [0.25, 0.3) is 16.6 Å². The molecule has 0 radical (unpaired) electrons. The zero-order chi connectivity index (χ0) is 13.5. The SMILES string of the molecule is O=C1CNCc2c(-c3ccccc3)ccn3ccc1c23. The molecular formula is C17H14N2O. The van der Waals surface area contributed by atoms with Crippen LogP contribution < -0.4 is 5.32 Å². The zero-order valence-corrected chi connectivity index (χ0v) is 11.0. The molecule has 1 aliphatic heterocycles. The van der Waals surface area contributed by atoms with Gasteiger partial charge < -0.3 is 9.72 Å². The summed E-state index contributed by atoms with van der Waals surface area (Å²) in [5.41, 5.74) is 5.45. The Balaban J connectivity index is 2.06. The standard InChI is InChI=1S/C17H14N2O/c20-16-11-18-10-15-13(12-4-2-1-3-5-12)6-8-19-9-7-14(16)17(15)19/h1-9,18H,10-11H2. The fraction of sp³-hybridized carbons (Fsp3) is 0.118. The van der Waals surface area contributed by atoms with Gasteiger partial charge in [0.05, 0.1) is 12.1 Å². The number of pyridine rings is 1. The molecule has 0 fully saturated rings. The average Bonchev–Trinajstić information content (AvgIpc) is 2.85. The molecule has 0 spiro atoms. The molecule has 1 N–H and O–H groups in total. The molecule has 1 aromatic carbocycles. The van der Waals surface area contributed by atoms with Gasteiger partial charge in [0.25, 0.3) is 0 Å². The molecule has 3 nitrogen and oxygen atoms in total. The van der Waals surface area contributed by atoms with Crippen LogP contribution in [-0.4, -0.2) is 16.7 Å². The lowest BCUT2D eigenvalue weighted by Crippen LogP contribution is -2.19. The molecule has 0 unspecified atom stereocenters. The molecule has 98 valence electrons. The Morgan fingerprint density at radius 3 is 2.45 bits per heavy atom. The molecular weight excluding hydrogens is 248 g/mol. The molecule has 4 rings (SSSR count). The minimum atomic E-state index is 0.163. The van der Waals surface area contributed by atoms with Gasteiger partial charge >= 0.3 is 0 Å². The third kappa shape index (κ3) is 1.60. The van der Waals surface area contributed by atoms with Gasteiger partial charge in [0, 0.05) is 24.5 Å². The Hall–Kier alpha value is -2.39. The maximum absolute atomic E-state index is 12.1. The lowest BCUT2D eigenvalue weighted by Gasteiger charge is -2.11. The second-order valence-corrected chi connectivity index (χ2v) is 5.09. The van der Waals surface area contributed by atoms with Crippen LogP contribution >= 0.6 is 0 Å². The number of carbonyl (C=O) groups is 1. The van der Waals surface area contributed by atoms with E-state index in [0.717, 1.165) is 17.6 Å². The number of nitrogens with one attached hydrogen (secondary N) is 1. The van der Waals surface area contributed by atoms with Crippen LogP contribution in [0.1, 0.15) is 15.9 Å². The molecule has 0 saturated heterocycles. The second kappa shape index (κ2) is 4.32. The summed E-state index contributed by atoms with van der Waals surface area (Å²) >= 11 is 0. The molecule has 2 aromatic heterocycles. The molecule has 20 heavy (non-hydrogen) atoms. The van der Waals surface area contributed by atoms with Crippen LogP contribution in [0, 0.1) is 0 Å². The molecule has 1 aliphatic rings. The second-order valence-electron chi connectivity index (χ2n) is 5.09. The number of hydrogen-bond donors (Lipinski definition) is 1. The Kier molecular flexibility index (Phi) is 2.47. The Bertz CT molecular complexity index is 802.